The summed E-state index contributed by atoms with van der Waals surface area (Å²) in [4.78, 5) is 24.1. The second-order valence-electron chi connectivity index (χ2n) is 5.54. The van der Waals surface area contributed by atoms with Gasteiger partial charge in [-0.1, -0.05) is 27.5 Å². The summed E-state index contributed by atoms with van der Waals surface area (Å²) < 4.78 is 11.8. The standard InChI is InChI=1S/C18H16BrClN2O4/c19-12-3-1-11(2-4-12)18(24)21-6-5-17(23)22-14-10-16-15(9-13(14)20)25-7-8-26-16/h1-4,9-10H,5-8H2,(H,21,24)(H,22,23). The molecular formula is C18H16BrClN2O4. The quantitative estimate of drug-likeness (QED) is 0.746. The Morgan fingerprint density at radius 3 is 2.42 bits per heavy atom. The minimum Gasteiger partial charge on any atom is -0.486 e. The Bertz CT molecular complexity index is 827. The molecule has 0 saturated heterocycles. The normalized spacial score (nSPS) is 12.4. The maximum Gasteiger partial charge on any atom is 0.251 e. The Morgan fingerprint density at radius 2 is 1.73 bits per heavy atom. The molecule has 0 radical (unpaired) electrons. The van der Waals surface area contributed by atoms with Gasteiger partial charge in [-0.05, 0) is 24.3 Å². The molecule has 3 rings (SSSR count). The zero-order valence-corrected chi connectivity index (χ0v) is 16.0. The molecule has 8 heteroatoms. The van der Waals surface area contributed by atoms with Crippen molar-refractivity contribution in [2.24, 2.45) is 0 Å². The summed E-state index contributed by atoms with van der Waals surface area (Å²) in [5.74, 6) is 0.600. The maximum absolute atomic E-state index is 12.1. The molecule has 0 fully saturated rings. The highest BCUT2D eigenvalue weighted by Crippen LogP contribution is 2.37. The summed E-state index contributed by atoms with van der Waals surface area (Å²) in [6.07, 6.45) is 0.118. The van der Waals surface area contributed by atoms with Crippen molar-refractivity contribution in [2.75, 3.05) is 25.1 Å². The van der Waals surface area contributed by atoms with Crippen LogP contribution >= 0.6 is 27.5 Å². The molecule has 0 spiro atoms. The lowest BCUT2D eigenvalue weighted by Gasteiger charge is -2.20. The Labute approximate surface area is 163 Å². The number of rotatable bonds is 5. The van der Waals surface area contributed by atoms with E-state index in [9.17, 15) is 9.59 Å². The molecule has 0 aromatic heterocycles. The first-order valence-corrected chi connectivity index (χ1v) is 9.13. The third kappa shape index (κ3) is 4.68. The average molecular weight is 440 g/mol. The number of carbonyl (C=O) groups is 2. The smallest absolute Gasteiger partial charge is 0.251 e. The van der Waals surface area contributed by atoms with Gasteiger partial charge in [0.15, 0.2) is 11.5 Å². The molecule has 0 bridgehead atoms. The lowest BCUT2D eigenvalue weighted by Crippen LogP contribution is -2.27. The molecular weight excluding hydrogens is 424 g/mol. The Hall–Kier alpha value is -2.25. The highest BCUT2D eigenvalue weighted by Gasteiger charge is 2.16. The van der Waals surface area contributed by atoms with Crippen LogP contribution < -0.4 is 20.1 Å². The predicted molar refractivity (Wildman–Crippen MR) is 102 cm³/mol. The highest BCUT2D eigenvalue weighted by atomic mass is 79.9. The Balaban J connectivity index is 1.51. The largest absolute Gasteiger partial charge is 0.486 e. The number of amides is 2. The second kappa shape index (κ2) is 8.42. The van der Waals surface area contributed by atoms with Crippen LogP contribution in [-0.2, 0) is 4.79 Å². The molecule has 0 unspecified atom stereocenters. The number of nitrogens with one attached hydrogen (secondary N) is 2. The molecule has 2 N–H and O–H groups in total. The van der Waals surface area contributed by atoms with Gasteiger partial charge in [0.2, 0.25) is 5.91 Å². The van der Waals surface area contributed by atoms with E-state index in [1.165, 1.54) is 0 Å². The Kier molecular flexibility index (Phi) is 6.00. The van der Waals surface area contributed by atoms with E-state index >= 15 is 0 Å². The summed E-state index contributed by atoms with van der Waals surface area (Å²) >= 11 is 9.47. The summed E-state index contributed by atoms with van der Waals surface area (Å²) in [7, 11) is 0. The molecule has 0 saturated carbocycles. The number of hydrogen-bond donors (Lipinski definition) is 2. The van der Waals surface area contributed by atoms with Gasteiger partial charge in [-0.2, -0.15) is 0 Å². The lowest BCUT2D eigenvalue weighted by molar-refractivity contribution is -0.116. The van der Waals surface area contributed by atoms with Crippen LogP contribution in [0.15, 0.2) is 40.9 Å². The molecule has 1 aliphatic rings. The van der Waals surface area contributed by atoms with Crippen molar-refractivity contribution in [1.82, 2.24) is 5.32 Å². The highest BCUT2D eigenvalue weighted by molar-refractivity contribution is 9.10. The summed E-state index contributed by atoms with van der Waals surface area (Å²) in [5.41, 5.74) is 0.976. The number of carbonyl (C=O) groups excluding carboxylic acids is 2. The number of hydrogen-bond acceptors (Lipinski definition) is 4. The number of ether oxygens (including phenoxy) is 2. The molecule has 136 valence electrons. The fourth-order valence-corrected chi connectivity index (χ4v) is 2.83. The van der Waals surface area contributed by atoms with E-state index in [0.29, 0.717) is 41.0 Å². The van der Waals surface area contributed by atoms with Gasteiger partial charge in [0.25, 0.3) is 5.91 Å². The van der Waals surface area contributed by atoms with Crippen LogP contribution in [0.3, 0.4) is 0 Å². The third-order valence-electron chi connectivity index (χ3n) is 3.65. The number of halogens is 2. The van der Waals surface area contributed by atoms with Gasteiger partial charge in [0.1, 0.15) is 13.2 Å². The van der Waals surface area contributed by atoms with E-state index < -0.39 is 0 Å². The van der Waals surface area contributed by atoms with E-state index in [4.69, 9.17) is 21.1 Å². The van der Waals surface area contributed by atoms with Crippen molar-refractivity contribution in [2.45, 2.75) is 6.42 Å². The monoisotopic (exact) mass is 438 g/mol. The zero-order valence-electron chi connectivity index (χ0n) is 13.7. The summed E-state index contributed by atoms with van der Waals surface area (Å²) in [6.45, 7) is 1.13. The molecule has 2 amide bonds. The molecule has 6 nitrogen and oxygen atoms in total. The van der Waals surface area contributed by atoms with Crippen LogP contribution in [0.4, 0.5) is 5.69 Å². The van der Waals surface area contributed by atoms with Crippen LogP contribution in [-0.4, -0.2) is 31.6 Å². The van der Waals surface area contributed by atoms with E-state index in [1.54, 1.807) is 36.4 Å². The van der Waals surface area contributed by atoms with Gasteiger partial charge < -0.3 is 20.1 Å². The summed E-state index contributed by atoms with van der Waals surface area (Å²) in [6, 6.07) is 10.2. The molecule has 2 aromatic rings. The first kappa shape index (κ1) is 18.5. The van der Waals surface area contributed by atoms with Gasteiger partial charge >= 0.3 is 0 Å². The van der Waals surface area contributed by atoms with Crippen molar-refractivity contribution in [3.8, 4) is 11.5 Å². The van der Waals surface area contributed by atoms with Crippen LogP contribution in [0.1, 0.15) is 16.8 Å². The Morgan fingerprint density at radius 1 is 1.08 bits per heavy atom. The number of fused-ring (bicyclic) bond motifs is 1. The predicted octanol–water partition coefficient (Wildman–Crippen LogP) is 3.63. The van der Waals surface area contributed by atoms with E-state index in [0.717, 1.165) is 4.47 Å². The van der Waals surface area contributed by atoms with E-state index in [1.807, 2.05) is 0 Å². The number of anilines is 1. The average Bonchev–Trinajstić information content (AvgIpc) is 2.63. The zero-order chi connectivity index (χ0) is 18.5. The van der Waals surface area contributed by atoms with Gasteiger partial charge in [0, 0.05) is 35.1 Å². The molecule has 26 heavy (non-hydrogen) atoms. The second-order valence-corrected chi connectivity index (χ2v) is 6.86. The topological polar surface area (TPSA) is 76.7 Å². The first-order valence-electron chi connectivity index (χ1n) is 7.95. The maximum atomic E-state index is 12.1. The molecule has 0 atom stereocenters. The minimum atomic E-state index is -0.264. The van der Waals surface area contributed by atoms with Crippen molar-refractivity contribution >= 4 is 45.0 Å². The van der Waals surface area contributed by atoms with Crippen LogP contribution in [0.25, 0.3) is 0 Å². The first-order chi connectivity index (χ1) is 12.5. The van der Waals surface area contributed by atoms with Gasteiger partial charge in [0.05, 0.1) is 10.7 Å². The van der Waals surface area contributed by atoms with Crippen LogP contribution in [0.5, 0.6) is 11.5 Å². The third-order valence-corrected chi connectivity index (χ3v) is 4.49. The molecule has 1 heterocycles. The molecule has 1 aliphatic heterocycles. The summed E-state index contributed by atoms with van der Waals surface area (Å²) in [5, 5.41) is 5.79. The molecule has 2 aromatic carbocycles. The minimum absolute atomic E-state index is 0.118. The van der Waals surface area contributed by atoms with Crippen LogP contribution in [0, 0.1) is 0 Å². The van der Waals surface area contributed by atoms with Crippen molar-refractivity contribution < 1.29 is 19.1 Å². The van der Waals surface area contributed by atoms with E-state index in [2.05, 4.69) is 26.6 Å². The van der Waals surface area contributed by atoms with Crippen molar-refractivity contribution in [3.05, 3.63) is 51.5 Å². The van der Waals surface area contributed by atoms with Crippen LogP contribution in [0.2, 0.25) is 5.02 Å². The lowest BCUT2D eigenvalue weighted by atomic mass is 10.2. The SMILES string of the molecule is O=C(CCNC(=O)c1ccc(Br)cc1)Nc1cc2c(cc1Cl)OCCO2. The number of benzene rings is 2. The fraction of sp³-hybridized carbons (Fsp3) is 0.222. The van der Waals surface area contributed by atoms with Gasteiger partial charge in [-0.25, -0.2) is 0 Å². The van der Waals surface area contributed by atoms with E-state index in [-0.39, 0.29) is 24.8 Å². The van der Waals surface area contributed by atoms with Crippen molar-refractivity contribution in [1.29, 1.82) is 0 Å². The molecule has 0 aliphatic carbocycles. The van der Waals surface area contributed by atoms with Crippen molar-refractivity contribution in [3.63, 3.8) is 0 Å². The fourth-order valence-electron chi connectivity index (χ4n) is 2.37. The van der Waals surface area contributed by atoms with Gasteiger partial charge in [-0.15, -0.1) is 0 Å². The van der Waals surface area contributed by atoms with Gasteiger partial charge in [-0.3, -0.25) is 9.59 Å².